The maximum absolute atomic E-state index is 12.2. The van der Waals surface area contributed by atoms with Gasteiger partial charge in [0.1, 0.15) is 4.90 Å². The molecule has 0 radical (unpaired) electrons. The molecule has 0 aliphatic rings. The van der Waals surface area contributed by atoms with E-state index in [4.69, 9.17) is 23.2 Å². The third-order valence-corrected chi connectivity index (χ3v) is 5.38. The van der Waals surface area contributed by atoms with Crippen molar-refractivity contribution in [1.29, 1.82) is 0 Å². The first-order chi connectivity index (χ1) is 7.75. The first-order valence-electron chi connectivity index (χ1n) is 4.93. The molecule has 0 saturated heterocycles. The number of aromatic nitrogens is 2. The molecule has 98 valence electrons. The Kier molecular flexibility index (Phi) is 4.46. The van der Waals surface area contributed by atoms with Crippen LogP contribution in [-0.4, -0.2) is 35.9 Å². The van der Waals surface area contributed by atoms with E-state index in [9.17, 15) is 8.42 Å². The predicted molar refractivity (Wildman–Crippen MR) is 68.2 cm³/mol. The van der Waals surface area contributed by atoms with Crippen LogP contribution in [0.25, 0.3) is 0 Å². The Labute approximate surface area is 111 Å². The van der Waals surface area contributed by atoms with E-state index in [1.807, 2.05) is 0 Å². The second-order valence-electron chi connectivity index (χ2n) is 4.20. The Hall–Kier alpha value is -0.300. The van der Waals surface area contributed by atoms with Crippen LogP contribution in [0.3, 0.4) is 0 Å². The van der Waals surface area contributed by atoms with Crippen LogP contribution >= 0.6 is 23.2 Å². The lowest BCUT2D eigenvalue weighted by atomic mass is 10.1. The highest BCUT2D eigenvalue weighted by atomic mass is 35.5. The zero-order valence-corrected chi connectivity index (χ0v) is 12.2. The number of nitrogens with one attached hydrogen (secondary N) is 2. The molecule has 1 aromatic rings. The van der Waals surface area contributed by atoms with E-state index in [0.29, 0.717) is 11.4 Å². The van der Waals surface area contributed by atoms with Crippen molar-refractivity contribution in [2.45, 2.75) is 31.2 Å². The fourth-order valence-electron chi connectivity index (χ4n) is 1.40. The Morgan fingerprint density at radius 1 is 1.35 bits per heavy atom. The zero-order chi connectivity index (χ0) is 13.3. The summed E-state index contributed by atoms with van der Waals surface area (Å²) in [6, 6.07) is 0. The normalized spacial score (nSPS) is 13.0. The second kappa shape index (κ2) is 5.14. The number of H-pyrrole nitrogens is 1. The molecule has 0 saturated carbocycles. The van der Waals surface area contributed by atoms with E-state index in [-0.39, 0.29) is 16.7 Å². The molecular weight excluding hydrogens is 285 g/mol. The molecule has 0 aliphatic carbocycles. The number of hydrogen-bond donors (Lipinski definition) is 2. The largest absolute Gasteiger partial charge is 0.281 e. The van der Waals surface area contributed by atoms with Gasteiger partial charge in [0.2, 0.25) is 10.0 Å². The number of aryl methyl sites for hydroxylation is 2. The van der Waals surface area contributed by atoms with Gasteiger partial charge in [-0.15, -0.1) is 23.2 Å². The van der Waals surface area contributed by atoms with Crippen LogP contribution in [0.1, 0.15) is 18.3 Å². The molecule has 8 heteroatoms. The van der Waals surface area contributed by atoms with Crippen LogP contribution in [0.15, 0.2) is 4.90 Å². The van der Waals surface area contributed by atoms with E-state index >= 15 is 0 Å². The number of hydrogen-bond acceptors (Lipinski definition) is 3. The van der Waals surface area contributed by atoms with Gasteiger partial charge < -0.3 is 0 Å². The quantitative estimate of drug-likeness (QED) is 0.810. The van der Waals surface area contributed by atoms with Gasteiger partial charge in [0.15, 0.2) is 0 Å². The number of sulfonamides is 1. The van der Waals surface area contributed by atoms with Crippen molar-refractivity contribution in [1.82, 2.24) is 14.9 Å². The molecule has 0 fully saturated rings. The summed E-state index contributed by atoms with van der Waals surface area (Å²) in [6.07, 6.45) is 0. The molecule has 17 heavy (non-hydrogen) atoms. The highest BCUT2D eigenvalue weighted by Crippen LogP contribution is 2.20. The van der Waals surface area contributed by atoms with Crippen molar-refractivity contribution in [2.75, 3.05) is 11.8 Å². The van der Waals surface area contributed by atoms with E-state index in [1.165, 1.54) is 0 Å². The molecule has 1 aromatic heterocycles. The fourth-order valence-corrected chi connectivity index (χ4v) is 3.76. The third-order valence-electron chi connectivity index (χ3n) is 2.30. The van der Waals surface area contributed by atoms with Gasteiger partial charge in [0.25, 0.3) is 0 Å². The molecule has 2 N–H and O–H groups in total. The van der Waals surface area contributed by atoms with Crippen LogP contribution in [0.4, 0.5) is 0 Å². The predicted octanol–water partition coefficient (Wildman–Crippen LogP) is 1.54. The molecule has 0 aromatic carbocycles. The van der Waals surface area contributed by atoms with Gasteiger partial charge in [0.05, 0.1) is 16.9 Å². The lowest BCUT2D eigenvalue weighted by Crippen LogP contribution is -2.49. The smallest absolute Gasteiger partial charge is 0.244 e. The van der Waals surface area contributed by atoms with Crippen molar-refractivity contribution in [2.24, 2.45) is 0 Å². The lowest BCUT2D eigenvalue weighted by molar-refractivity contribution is 0.499. The van der Waals surface area contributed by atoms with Crippen LogP contribution in [0, 0.1) is 13.8 Å². The Morgan fingerprint density at radius 3 is 2.24 bits per heavy atom. The van der Waals surface area contributed by atoms with Gasteiger partial charge >= 0.3 is 0 Å². The first-order valence-corrected chi connectivity index (χ1v) is 7.48. The van der Waals surface area contributed by atoms with Crippen molar-refractivity contribution in [3.8, 4) is 0 Å². The second-order valence-corrected chi connectivity index (χ2v) is 6.35. The van der Waals surface area contributed by atoms with Gasteiger partial charge in [-0.3, -0.25) is 5.10 Å². The molecule has 1 rings (SSSR count). The van der Waals surface area contributed by atoms with E-state index in [0.717, 1.165) is 0 Å². The highest BCUT2D eigenvalue weighted by Gasteiger charge is 2.32. The number of alkyl halides is 2. The van der Waals surface area contributed by atoms with Crippen LogP contribution in [-0.2, 0) is 10.0 Å². The minimum atomic E-state index is -3.67. The minimum Gasteiger partial charge on any atom is -0.281 e. The Bertz CT molecular complexity index is 475. The molecule has 0 amide bonds. The summed E-state index contributed by atoms with van der Waals surface area (Å²) in [4.78, 5) is 0.152. The first kappa shape index (κ1) is 14.8. The summed E-state index contributed by atoms with van der Waals surface area (Å²) >= 11 is 11.4. The van der Waals surface area contributed by atoms with E-state index in [1.54, 1.807) is 20.8 Å². The molecule has 0 atom stereocenters. The van der Waals surface area contributed by atoms with Crippen molar-refractivity contribution in [3.63, 3.8) is 0 Å². The lowest BCUT2D eigenvalue weighted by Gasteiger charge is -2.25. The number of halogens is 2. The number of aromatic amines is 1. The minimum absolute atomic E-state index is 0.0890. The van der Waals surface area contributed by atoms with Crippen LogP contribution in [0.5, 0.6) is 0 Å². The van der Waals surface area contributed by atoms with Gasteiger partial charge in [-0.05, 0) is 20.8 Å². The highest BCUT2D eigenvalue weighted by molar-refractivity contribution is 7.89. The van der Waals surface area contributed by atoms with Gasteiger partial charge in [-0.1, -0.05) is 0 Å². The standard InChI is InChI=1S/C9H15Cl2N3O2S/c1-6-8(7(2)13-12-6)17(15,16)14-9(3,4-10)5-11/h14H,4-5H2,1-3H3,(H,12,13). The summed E-state index contributed by atoms with van der Waals surface area (Å²) in [5.74, 6) is 0.178. The maximum atomic E-state index is 12.2. The summed E-state index contributed by atoms with van der Waals surface area (Å²) in [7, 11) is -3.67. The Balaban J connectivity index is 3.14. The zero-order valence-electron chi connectivity index (χ0n) is 9.84. The number of nitrogens with zero attached hydrogens (tertiary/aromatic N) is 1. The van der Waals surface area contributed by atoms with Gasteiger partial charge in [-0.2, -0.15) is 5.10 Å². The molecule has 0 spiro atoms. The van der Waals surface area contributed by atoms with Crippen LogP contribution in [0.2, 0.25) is 0 Å². The summed E-state index contributed by atoms with van der Waals surface area (Å²) in [5.41, 5.74) is 0.0287. The summed E-state index contributed by atoms with van der Waals surface area (Å²) < 4.78 is 26.9. The molecule has 0 unspecified atom stereocenters. The maximum Gasteiger partial charge on any atom is 0.244 e. The molecule has 0 aliphatic heterocycles. The molecule has 1 heterocycles. The van der Waals surface area contributed by atoms with Crippen LogP contribution < -0.4 is 4.72 Å². The average molecular weight is 300 g/mol. The monoisotopic (exact) mass is 299 g/mol. The molecular formula is C9H15Cl2N3O2S. The Morgan fingerprint density at radius 2 is 1.88 bits per heavy atom. The fraction of sp³-hybridized carbons (Fsp3) is 0.667. The van der Waals surface area contributed by atoms with Crippen molar-refractivity contribution < 1.29 is 8.42 Å². The SMILES string of the molecule is Cc1n[nH]c(C)c1S(=O)(=O)NC(C)(CCl)CCl. The van der Waals surface area contributed by atoms with Gasteiger partial charge in [-0.25, -0.2) is 13.1 Å². The van der Waals surface area contributed by atoms with Crippen molar-refractivity contribution >= 4 is 33.2 Å². The summed E-state index contributed by atoms with van der Waals surface area (Å²) in [5, 5.41) is 6.48. The topological polar surface area (TPSA) is 74.8 Å². The summed E-state index contributed by atoms with van der Waals surface area (Å²) in [6.45, 7) is 4.92. The van der Waals surface area contributed by atoms with E-state index < -0.39 is 15.6 Å². The average Bonchev–Trinajstić information content (AvgIpc) is 2.58. The van der Waals surface area contributed by atoms with E-state index in [2.05, 4.69) is 14.9 Å². The third kappa shape index (κ3) is 3.13. The molecule has 5 nitrogen and oxygen atoms in total. The molecule has 0 bridgehead atoms. The van der Waals surface area contributed by atoms with Gasteiger partial charge in [0, 0.05) is 11.8 Å². The number of rotatable bonds is 5. The van der Waals surface area contributed by atoms with Crippen molar-refractivity contribution in [3.05, 3.63) is 11.4 Å².